The molecule has 0 saturated heterocycles. The summed E-state index contributed by atoms with van der Waals surface area (Å²) in [5.74, 6) is 0.700. The van der Waals surface area contributed by atoms with Crippen LogP contribution < -0.4 is 10.6 Å². The van der Waals surface area contributed by atoms with Crippen molar-refractivity contribution < 1.29 is 9.21 Å². The number of nitrogens with zero attached hydrogens (tertiary/aromatic N) is 2. The number of nitrogens with one attached hydrogen (secondary N) is 2. The van der Waals surface area contributed by atoms with Crippen molar-refractivity contribution in [3.63, 3.8) is 0 Å². The highest BCUT2D eigenvalue weighted by Crippen LogP contribution is 2.24. The minimum Gasteiger partial charge on any atom is -0.445 e. The molecule has 1 atom stereocenters. The molecule has 2 amide bonds. The van der Waals surface area contributed by atoms with Gasteiger partial charge in [0.2, 0.25) is 5.89 Å². The third-order valence-electron chi connectivity index (χ3n) is 3.61. The summed E-state index contributed by atoms with van der Waals surface area (Å²) in [5.41, 5.74) is 2.51. The average molecular weight is 342 g/mol. The molecule has 1 aromatic carbocycles. The molecular weight excluding hydrogens is 324 g/mol. The molecule has 3 aromatic rings. The van der Waals surface area contributed by atoms with Crippen molar-refractivity contribution >= 4 is 23.1 Å². The number of anilines is 1. The molecule has 2 aromatic heterocycles. The molecule has 7 heteroatoms. The molecule has 3 rings (SSSR count). The van der Waals surface area contributed by atoms with Crippen molar-refractivity contribution in [3.05, 3.63) is 52.8 Å². The first-order chi connectivity index (χ1) is 11.6. The Morgan fingerprint density at radius 1 is 1.33 bits per heavy atom. The van der Waals surface area contributed by atoms with E-state index in [1.54, 1.807) is 23.7 Å². The van der Waals surface area contributed by atoms with Gasteiger partial charge in [-0.1, -0.05) is 13.0 Å². The molecule has 0 radical (unpaired) electrons. The first kappa shape index (κ1) is 16.2. The van der Waals surface area contributed by atoms with E-state index in [9.17, 15) is 4.79 Å². The fraction of sp³-hybridized carbons (Fsp3) is 0.235. The minimum atomic E-state index is -0.244. The summed E-state index contributed by atoms with van der Waals surface area (Å²) in [4.78, 5) is 20.5. The molecule has 24 heavy (non-hydrogen) atoms. The number of hydrogen-bond acceptors (Lipinski definition) is 5. The van der Waals surface area contributed by atoms with Gasteiger partial charge < -0.3 is 15.1 Å². The number of carbonyl (C=O) groups is 1. The van der Waals surface area contributed by atoms with E-state index in [4.69, 9.17) is 4.42 Å². The molecule has 2 heterocycles. The topological polar surface area (TPSA) is 80.0 Å². The van der Waals surface area contributed by atoms with Crippen molar-refractivity contribution in [1.29, 1.82) is 0 Å². The fourth-order valence-corrected chi connectivity index (χ4v) is 2.93. The number of hydrogen-bond donors (Lipinski definition) is 2. The van der Waals surface area contributed by atoms with E-state index < -0.39 is 0 Å². The van der Waals surface area contributed by atoms with Gasteiger partial charge in [-0.2, -0.15) is 0 Å². The van der Waals surface area contributed by atoms with E-state index in [-0.39, 0.29) is 11.9 Å². The molecule has 124 valence electrons. The van der Waals surface area contributed by atoms with E-state index >= 15 is 0 Å². The molecule has 0 spiro atoms. The van der Waals surface area contributed by atoms with Crippen LogP contribution in [0.25, 0.3) is 11.5 Å². The zero-order valence-electron chi connectivity index (χ0n) is 13.4. The molecule has 0 bridgehead atoms. The Morgan fingerprint density at radius 3 is 2.92 bits per heavy atom. The Morgan fingerprint density at radius 2 is 2.21 bits per heavy atom. The van der Waals surface area contributed by atoms with Crippen LogP contribution in [0.5, 0.6) is 0 Å². The zero-order valence-corrected chi connectivity index (χ0v) is 14.3. The van der Waals surface area contributed by atoms with Crippen LogP contribution in [0.1, 0.15) is 23.4 Å². The van der Waals surface area contributed by atoms with Gasteiger partial charge in [0.25, 0.3) is 0 Å². The van der Waals surface area contributed by atoms with Crippen LogP contribution in [0.4, 0.5) is 10.5 Å². The van der Waals surface area contributed by atoms with Crippen molar-refractivity contribution in [1.82, 2.24) is 15.3 Å². The van der Waals surface area contributed by atoms with Gasteiger partial charge in [-0.05, 0) is 24.6 Å². The highest BCUT2D eigenvalue weighted by atomic mass is 32.1. The third-order valence-corrected chi connectivity index (χ3v) is 4.61. The monoisotopic (exact) mass is 342 g/mol. The standard InChI is InChI=1S/C17H18N4O2S/c1-11-3-4-13(15-18-5-7-23-15)9-14(11)21-17(22)20-10-12(2)16-19-6-8-24-16/h3-9,12H,10H2,1-2H3,(H2,20,21,22)/t12-/m0/s1. The number of oxazole rings is 1. The first-order valence-corrected chi connectivity index (χ1v) is 8.46. The number of benzene rings is 1. The molecule has 0 aliphatic rings. The highest BCUT2D eigenvalue weighted by molar-refractivity contribution is 7.09. The SMILES string of the molecule is Cc1ccc(-c2ncco2)cc1NC(=O)NC[C@H](C)c1nccs1. The lowest BCUT2D eigenvalue weighted by atomic mass is 10.1. The second kappa shape index (κ2) is 7.27. The number of rotatable bonds is 5. The number of aromatic nitrogens is 2. The van der Waals surface area contributed by atoms with Crippen LogP contribution in [0.3, 0.4) is 0 Å². The molecule has 0 aliphatic heterocycles. The Balaban J connectivity index is 1.62. The van der Waals surface area contributed by atoms with Crippen LogP contribution in [-0.4, -0.2) is 22.5 Å². The van der Waals surface area contributed by atoms with Crippen LogP contribution >= 0.6 is 11.3 Å². The van der Waals surface area contributed by atoms with E-state index in [1.807, 2.05) is 37.4 Å². The molecular formula is C17H18N4O2S. The number of urea groups is 1. The van der Waals surface area contributed by atoms with Gasteiger partial charge in [0.15, 0.2) is 0 Å². The lowest BCUT2D eigenvalue weighted by Gasteiger charge is -2.13. The molecule has 0 unspecified atom stereocenters. The summed E-state index contributed by atoms with van der Waals surface area (Å²) in [6.07, 6.45) is 4.89. The van der Waals surface area contributed by atoms with Gasteiger partial charge >= 0.3 is 6.03 Å². The summed E-state index contributed by atoms with van der Waals surface area (Å²) >= 11 is 1.59. The molecule has 0 aliphatic carbocycles. The molecule has 2 N–H and O–H groups in total. The predicted octanol–water partition coefficient (Wildman–Crippen LogP) is 4.03. The van der Waals surface area contributed by atoms with Crippen LogP contribution in [0.2, 0.25) is 0 Å². The normalized spacial score (nSPS) is 11.9. The van der Waals surface area contributed by atoms with Crippen molar-refractivity contribution in [2.75, 3.05) is 11.9 Å². The van der Waals surface area contributed by atoms with Gasteiger partial charge in [-0.25, -0.2) is 14.8 Å². The number of amides is 2. The lowest BCUT2D eigenvalue weighted by Crippen LogP contribution is -2.32. The Bertz CT molecular complexity index is 800. The third kappa shape index (κ3) is 3.80. The average Bonchev–Trinajstić information content (AvgIpc) is 3.28. The van der Waals surface area contributed by atoms with E-state index in [2.05, 4.69) is 20.6 Å². The summed E-state index contributed by atoms with van der Waals surface area (Å²) in [5, 5.41) is 8.70. The van der Waals surface area contributed by atoms with E-state index in [0.29, 0.717) is 12.4 Å². The second-order valence-corrected chi connectivity index (χ2v) is 6.40. The fourth-order valence-electron chi connectivity index (χ4n) is 2.23. The van der Waals surface area contributed by atoms with Crippen molar-refractivity contribution in [2.24, 2.45) is 0 Å². The van der Waals surface area contributed by atoms with E-state index in [1.165, 1.54) is 6.26 Å². The number of aryl methyl sites for hydroxylation is 1. The predicted molar refractivity (Wildman–Crippen MR) is 94.2 cm³/mol. The molecule has 0 fully saturated rings. The first-order valence-electron chi connectivity index (χ1n) is 7.58. The van der Waals surface area contributed by atoms with Gasteiger partial charge in [-0.15, -0.1) is 11.3 Å². The number of carbonyl (C=O) groups excluding carboxylic acids is 1. The largest absolute Gasteiger partial charge is 0.445 e. The maximum absolute atomic E-state index is 12.2. The highest BCUT2D eigenvalue weighted by Gasteiger charge is 2.12. The second-order valence-electron chi connectivity index (χ2n) is 5.47. The van der Waals surface area contributed by atoms with Gasteiger partial charge in [-0.3, -0.25) is 0 Å². The summed E-state index contributed by atoms with van der Waals surface area (Å²) in [7, 11) is 0. The summed E-state index contributed by atoms with van der Waals surface area (Å²) in [6, 6.07) is 5.44. The zero-order chi connectivity index (χ0) is 16.9. The quantitative estimate of drug-likeness (QED) is 0.733. The van der Waals surface area contributed by atoms with Gasteiger partial charge in [0, 0.05) is 35.3 Å². The minimum absolute atomic E-state index is 0.176. The Labute approximate surface area is 144 Å². The molecule has 6 nitrogen and oxygen atoms in total. The van der Waals surface area contributed by atoms with E-state index in [0.717, 1.165) is 21.8 Å². The van der Waals surface area contributed by atoms with Crippen molar-refractivity contribution in [3.8, 4) is 11.5 Å². The van der Waals surface area contributed by atoms with Crippen LogP contribution in [-0.2, 0) is 0 Å². The number of thiazole rings is 1. The summed E-state index contributed by atoms with van der Waals surface area (Å²) in [6.45, 7) is 4.50. The van der Waals surface area contributed by atoms with Crippen molar-refractivity contribution in [2.45, 2.75) is 19.8 Å². The smallest absolute Gasteiger partial charge is 0.319 e. The maximum Gasteiger partial charge on any atom is 0.319 e. The van der Waals surface area contributed by atoms with Crippen LogP contribution in [0, 0.1) is 6.92 Å². The van der Waals surface area contributed by atoms with Crippen LogP contribution in [0.15, 0.2) is 46.7 Å². The Kier molecular flexibility index (Phi) is 4.90. The van der Waals surface area contributed by atoms with Gasteiger partial charge in [0.1, 0.15) is 6.26 Å². The molecule has 0 saturated carbocycles. The summed E-state index contributed by atoms with van der Waals surface area (Å²) < 4.78 is 5.29. The van der Waals surface area contributed by atoms with Gasteiger partial charge in [0.05, 0.1) is 11.2 Å². The Hall–Kier alpha value is -2.67. The lowest BCUT2D eigenvalue weighted by molar-refractivity contribution is 0.251. The maximum atomic E-state index is 12.2.